The maximum absolute atomic E-state index is 12.9. The van der Waals surface area contributed by atoms with Gasteiger partial charge in [-0.2, -0.15) is 0 Å². The van der Waals surface area contributed by atoms with Crippen LogP contribution in [0.5, 0.6) is 0 Å². The summed E-state index contributed by atoms with van der Waals surface area (Å²) in [4.78, 5) is 38.3. The van der Waals surface area contributed by atoms with Crippen molar-refractivity contribution in [3.05, 3.63) is 158 Å². The van der Waals surface area contributed by atoms with Crippen LogP contribution < -0.4 is 0 Å². The molecule has 0 fully saturated rings. The first-order valence-corrected chi connectivity index (χ1v) is 33.0. The van der Waals surface area contributed by atoms with Crippen molar-refractivity contribution in [2.75, 3.05) is 13.2 Å². The van der Waals surface area contributed by atoms with Gasteiger partial charge in [-0.3, -0.25) is 14.4 Å². The second kappa shape index (κ2) is 67.5. The number of esters is 3. The van der Waals surface area contributed by atoms with Gasteiger partial charge in [0.2, 0.25) is 0 Å². The summed E-state index contributed by atoms with van der Waals surface area (Å²) >= 11 is 0. The molecule has 0 aliphatic rings. The molecule has 0 rings (SSSR count). The number of unbranched alkanes of at least 4 members (excludes halogenated alkanes) is 21. The van der Waals surface area contributed by atoms with Crippen molar-refractivity contribution >= 4 is 17.9 Å². The second-order valence-corrected chi connectivity index (χ2v) is 21.3. The third kappa shape index (κ3) is 65.7. The van der Waals surface area contributed by atoms with Crippen LogP contribution in [0.25, 0.3) is 0 Å². The van der Waals surface area contributed by atoms with E-state index in [1.54, 1.807) is 0 Å². The first-order valence-electron chi connectivity index (χ1n) is 33.0. The van der Waals surface area contributed by atoms with Crippen molar-refractivity contribution < 1.29 is 28.6 Å². The monoisotopic (exact) mass is 1120 g/mol. The summed E-state index contributed by atoms with van der Waals surface area (Å²) in [7, 11) is 0. The Bertz CT molecular complexity index is 1810. The van der Waals surface area contributed by atoms with E-state index in [4.69, 9.17) is 14.2 Å². The quantitative estimate of drug-likeness (QED) is 0.0261. The van der Waals surface area contributed by atoms with E-state index in [2.05, 4.69) is 179 Å². The molecule has 0 radical (unpaired) electrons. The van der Waals surface area contributed by atoms with Gasteiger partial charge >= 0.3 is 17.9 Å². The number of hydrogen-bond donors (Lipinski definition) is 0. The van der Waals surface area contributed by atoms with Crippen LogP contribution in [0.15, 0.2) is 158 Å². The van der Waals surface area contributed by atoms with E-state index in [0.29, 0.717) is 19.3 Å². The first-order chi connectivity index (χ1) is 40.0. The minimum absolute atomic E-state index is 0.106. The van der Waals surface area contributed by atoms with Gasteiger partial charge in [0.1, 0.15) is 13.2 Å². The summed E-state index contributed by atoms with van der Waals surface area (Å²) in [5, 5.41) is 0. The lowest BCUT2D eigenvalue weighted by Crippen LogP contribution is -2.30. The number of rotatable bonds is 58. The molecule has 0 aliphatic heterocycles. The van der Waals surface area contributed by atoms with Gasteiger partial charge in [-0.15, -0.1) is 0 Å². The molecule has 0 spiro atoms. The molecule has 1 unspecified atom stereocenters. The Kier molecular flexibility index (Phi) is 63.4. The van der Waals surface area contributed by atoms with Gasteiger partial charge in [-0.05, 0) is 122 Å². The fourth-order valence-electron chi connectivity index (χ4n) is 8.67. The Morgan fingerprint density at radius 2 is 0.494 bits per heavy atom. The molecule has 0 amide bonds. The van der Waals surface area contributed by atoms with Crippen LogP contribution in [-0.2, 0) is 28.6 Å². The summed E-state index contributed by atoms with van der Waals surface area (Å²) in [5.74, 6) is -0.974. The number of carbonyl (C=O) groups is 3. The van der Waals surface area contributed by atoms with Gasteiger partial charge in [0.15, 0.2) is 6.10 Å². The van der Waals surface area contributed by atoms with Gasteiger partial charge in [-0.1, -0.05) is 294 Å². The lowest BCUT2D eigenvalue weighted by atomic mass is 10.0. The van der Waals surface area contributed by atoms with Crippen LogP contribution >= 0.6 is 0 Å². The van der Waals surface area contributed by atoms with Crippen LogP contribution in [0.2, 0.25) is 0 Å². The molecule has 0 saturated carbocycles. The zero-order chi connectivity index (χ0) is 58.5. The highest BCUT2D eigenvalue weighted by atomic mass is 16.6. The molecule has 6 nitrogen and oxygen atoms in total. The Balaban J connectivity index is 4.35. The highest BCUT2D eigenvalue weighted by Crippen LogP contribution is 2.15. The lowest BCUT2D eigenvalue weighted by Gasteiger charge is -2.18. The number of allylic oxidation sites excluding steroid dienone is 26. The predicted molar refractivity (Wildman–Crippen MR) is 352 cm³/mol. The van der Waals surface area contributed by atoms with Crippen LogP contribution in [0.4, 0.5) is 0 Å². The highest BCUT2D eigenvalue weighted by molar-refractivity contribution is 5.71. The third-order valence-corrected chi connectivity index (χ3v) is 13.5. The third-order valence-electron chi connectivity index (χ3n) is 13.5. The van der Waals surface area contributed by atoms with Crippen LogP contribution in [-0.4, -0.2) is 37.2 Å². The minimum Gasteiger partial charge on any atom is -0.462 e. The Labute approximate surface area is 499 Å². The summed E-state index contributed by atoms with van der Waals surface area (Å²) < 4.78 is 16.9. The lowest BCUT2D eigenvalue weighted by molar-refractivity contribution is -0.167. The zero-order valence-corrected chi connectivity index (χ0v) is 52.2. The summed E-state index contributed by atoms with van der Waals surface area (Å²) in [5.41, 5.74) is 0. The molecule has 0 aromatic rings. The highest BCUT2D eigenvalue weighted by Gasteiger charge is 2.19. The van der Waals surface area contributed by atoms with Gasteiger partial charge in [0.25, 0.3) is 0 Å². The fraction of sp³-hybridized carbons (Fsp3) is 0.613. The maximum atomic E-state index is 12.9. The average Bonchev–Trinajstić information content (AvgIpc) is 3.46. The molecule has 0 aliphatic carbocycles. The smallest absolute Gasteiger partial charge is 0.306 e. The SMILES string of the molecule is CC/C=C\C/C=C\C/C=C\C/C=C\C/C=C\C/C=C\C/C=C\C/C=C\CCCCCCCCCCC(=O)OCC(COC(=O)CCCCCCCCCCCCCCC)OC(=O)CCC/C=C\C/C=C\C/C=C\C/C=C\C/C=C\CC. The largest absolute Gasteiger partial charge is 0.462 e. The molecule has 0 aromatic heterocycles. The Hall–Kier alpha value is -4.97. The maximum Gasteiger partial charge on any atom is 0.306 e. The number of carbonyl (C=O) groups excluding carboxylic acids is 3. The Morgan fingerprint density at radius 1 is 0.259 bits per heavy atom. The molecule has 0 saturated heterocycles. The van der Waals surface area contributed by atoms with E-state index in [9.17, 15) is 14.4 Å². The summed E-state index contributed by atoms with van der Waals surface area (Å²) in [6, 6.07) is 0. The molecule has 0 aromatic carbocycles. The molecule has 81 heavy (non-hydrogen) atoms. The predicted octanol–water partition coefficient (Wildman–Crippen LogP) is 22.9. The van der Waals surface area contributed by atoms with Gasteiger partial charge in [0.05, 0.1) is 0 Å². The molecule has 0 heterocycles. The summed E-state index contributed by atoms with van der Waals surface area (Å²) in [6.07, 6.45) is 98.3. The van der Waals surface area contributed by atoms with E-state index in [1.807, 2.05) is 0 Å². The van der Waals surface area contributed by atoms with Gasteiger partial charge in [0, 0.05) is 19.3 Å². The molecular weight excluding hydrogens is 997 g/mol. The van der Waals surface area contributed by atoms with Crippen molar-refractivity contribution in [1.82, 2.24) is 0 Å². The first kappa shape index (κ1) is 76.0. The van der Waals surface area contributed by atoms with E-state index in [-0.39, 0.29) is 37.5 Å². The van der Waals surface area contributed by atoms with E-state index >= 15 is 0 Å². The van der Waals surface area contributed by atoms with Crippen molar-refractivity contribution in [2.45, 2.75) is 284 Å². The molecular formula is C75H120O6. The van der Waals surface area contributed by atoms with Crippen LogP contribution in [0, 0.1) is 0 Å². The number of hydrogen-bond acceptors (Lipinski definition) is 6. The molecule has 0 bridgehead atoms. The van der Waals surface area contributed by atoms with E-state index in [1.165, 1.54) is 96.3 Å². The Morgan fingerprint density at radius 3 is 0.790 bits per heavy atom. The van der Waals surface area contributed by atoms with Crippen molar-refractivity contribution in [3.8, 4) is 0 Å². The zero-order valence-electron chi connectivity index (χ0n) is 52.2. The van der Waals surface area contributed by atoms with E-state index < -0.39 is 6.10 Å². The van der Waals surface area contributed by atoms with Crippen molar-refractivity contribution in [2.24, 2.45) is 0 Å². The van der Waals surface area contributed by atoms with Crippen LogP contribution in [0.1, 0.15) is 278 Å². The normalized spacial score (nSPS) is 13.2. The number of ether oxygens (including phenoxy) is 3. The minimum atomic E-state index is -0.817. The van der Waals surface area contributed by atoms with Crippen molar-refractivity contribution in [3.63, 3.8) is 0 Å². The second-order valence-electron chi connectivity index (χ2n) is 21.3. The van der Waals surface area contributed by atoms with Crippen molar-refractivity contribution in [1.29, 1.82) is 0 Å². The standard InChI is InChI=1S/C75H120O6/c1-4-7-10-13-16-19-22-25-27-29-30-31-32-33-34-35-36-37-38-39-40-41-42-43-44-46-47-50-53-56-59-62-65-68-74(77)80-71-72(70-79-73(76)67-64-61-58-55-52-49-24-21-18-15-12-9-6-3)81-75(78)69-66-63-60-57-54-51-48-45-28-26-23-20-17-14-11-8-5-2/h7-8,10-11,16-17,19-20,25-28,30-31,33-34,36-37,39-40,42-43,48,51,57,60,72H,4-6,9,12-15,18,21-24,29,32,35,38,41,44-47,49-50,52-56,58-59,61-71H2,1-3H3/b10-7-,11-8-,19-16-,20-17-,27-25-,28-26-,31-30-,34-33-,37-36-,40-39-,43-42-,51-48-,60-57-. The average molecular weight is 1120 g/mol. The van der Waals surface area contributed by atoms with E-state index in [0.717, 1.165) is 135 Å². The molecule has 6 heteroatoms. The van der Waals surface area contributed by atoms with Gasteiger partial charge < -0.3 is 14.2 Å². The molecule has 1 atom stereocenters. The van der Waals surface area contributed by atoms with Crippen LogP contribution in [0.3, 0.4) is 0 Å². The summed E-state index contributed by atoms with van der Waals surface area (Å²) in [6.45, 7) is 6.36. The molecule has 456 valence electrons. The topological polar surface area (TPSA) is 78.9 Å². The van der Waals surface area contributed by atoms with Gasteiger partial charge in [-0.25, -0.2) is 0 Å². The fourth-order valence-corrected chi connectivity index (χ4v) is 8.67. The molecule has 0 N–H and O–H groups in total.